The normalized spacial score (nSPS) is 11.0. The topological polar surface area (TPSA) is 81.3 Å². The monoisotopic (exact) mass is 220 g/mol. The van der Waals surface area contributed by atoms with Crippen LogP contribution >= 0.6 is 0 Å². The zero-order valence-electron chi connectivity index (χ0n) is 7.67. The van der Waals surface area contributed by atoms with E-state index in [-0.39, 0.29) is 0 Å². The lowest BCUT2D eigenvalue weighted by Crippen LogP contribution is -2.35. The maximum absolute atomic E-state index is 11.4. The Balaban J connectivity index is 2.92. The zero-order chi connectivity index (χ0) is 10.8. The van der Waals surface area contributed by atoms with Crippen molar-refractivity contribution >= 4 is 16.3 Å². The summed E-state index contributed by atoms with van der Waals surface area (Å²) in [6.45, 7) is 0. The van der Waals surface area contributed by atoms with E-state index < -0.39 is 16.3 Å². The van der Waals surface area contributed by atoms with Crippen molar-refractivity contribution in [2.24, 2.45) is 7.05 Å². The highest BCUT2D eigenvalue weighted by atomic mass is 32.2. The van der Waals surface area contributed by atoms with E-state index in [4.69, 9.17) is 0 Å². The lowest BCUT2D eigenvalue weighted by molar-refractivity contribution is -0.670. The van der Waals surface area contributed by atoms with Gasteiger partial charge in [0.15, 0.2) is 0 Å². The fraction of sp³-hybridized carbons (Fsp3) is 0.333. The smallest absolute Gasteiger partial charge is 0.423 e. The summed E-state index contributed by atoms with van der Waals surface area (Å²) in [5.41, 5.74) is 0. The van der Waals surface area contributed by atoms with Crippen LogP contribution in [0.2, 0.25) is 0 Å². The predicted octanol–water partition coefficient (Wildman–Crippen LogP) is -1.24. The number of nitrogens with zero attached hydrogens (tertiary/aromatic N) is 2. The van der Waals surface area contributed by atoms with Crippen molar-refractivity contribution in [3.63, 3.8) is 0 Å². The van der Waals surface area contributed by atoms with Crippen LogP contribution < -0.4 is 9.29 Å². The summed E-state index contributed by atoms with van der Waals surface area (Å²) in [6, 6.07) is 0. The average Bonchev–Trinajstić information content (AvgIpc) is 2.51. The first-order valence-electron chi connectivity index (χ1n) is 3.60. The van der Waals surface area contributed by atoms with E-state index in [1.807, 2.05) is 0 Å². The summed E-state index contributed by atoms with van der Waals surface area (Å²) < 4.78 is 31.0. The van der Waals surface area contributed by atoms with Gasteiger partial charge in [0.25, 0.3) is 6.33 Å². The van der Waals surface area contributed by atoms with Gasteiger partial charge in [-0.1, -0.05) is 0 Å². The Bertz CT molecular complexity index is 436. The van der Waals surface area contributed by atoms with Gasteiger partial charge in [-0.3, -0.25) is 0 Å². The number of hydrogen-bond donors (Lipinski definition) is 1. The van der Waals surface area contributed by atoms with Gasteiger partial charge in [-0.05, 0) is 0 Å². The molecular formula is C6H10N3O4S+. The highest BCUT2D eigenvalue weighted by Crippen LogP contribution is 1.91. The molecule has 1 amide bonds. The van der Waals surface area contributed by atoms with Gasteiger partial charge in [-0.15, -0.1) is 3.97 Å². The molecule has 0 aliphatic carbocycles. The number of imidazole rings is 1. The molecule has 0 atom stereocenters. The molecule has 1 N–H and O–H groups in total. The number of aromatic nitrogens is 2. The van der Waals surface area contributed by atoms with Crippen molar-refractivity contribution in [2.45, 2.75) is 0 Å². The van der Waals surface area contributed by atoms with Crippen molar-refractivity contribution in [3.05, 3.63) is 18.7 Å². The molecule has 78 valence electrons. The molecule has 0 aromatic carbocycles. The molecule has 0 unspecified atom stereocenters. The minimum absolute atomic E-state index is 0.865. The van der Waals surface area contributed by atoms with Gasteiger partial charge in [0, 0.05) is 0 Å². The van der Waals surface area contributed by atoms with Crippen molar-refractivity contribution in [1.82, 2.24) is 8.69 Å². The van der Waals surface area contributed by atoms with E-state index in [1.54, 1.807) is 11.8 Å². The molecule has 1 aromatic heterocycles. The minimum atomic E-state index is -3.88. The van der Waals surface area contributed by atoms with Crippen LogP contribution in [0.5, 0.6) is 0 Å². The molecular weight excluding hydrogens is 210 g/mol. The first kappa shape index (κ1) is 10.5. The van der Waals surface area contributed by atoms with Gasteiger partial charge in [-0.2, -0.15) is 13.1 Å². The molecule has 14 heavy (non-hydrogen) atoms. The van der Waals surface area contributed by atoms with E-state index in [0.717, 1.165) is 11.1 Å². The van der Waals surface area contributed by atoms with Crippen LogP contribution in [0.15, 0.2) is 18.7 Å². The van der Waals surface area contributed by atoms with Crippen LogP contribution in [0.1, 0.15) is 0 Å². The van der Waals surface area contributed by atoms with Gasteiger partial charge in [0.1, 0.15) is 12.4 Å². The van der Waals surface area contributed by atoms with Gasteiger partial charge in [0.05, 0.1) is 14.2 Å². The van der Waals surface area contributed by atoms with Gasteiger partial charge >= 0.3 is 16.3 Å². The lowest BCUT2D eigenvalue weighted by atomic mass is 10.9. The maximum Gasteiger partial charge on any atom is 0.423 e. The van der Waals surface area contributed by atoms with Crippen LogP contribution in [0.3, 0.4) is 0 Å². The first-order chi connectivity index (χ1) is 6.45. The van der Waals surface area contributed by atoms with E-state index in [2.05, 4.69) is 4.74 Å². The van der Waals surface area contributed by atoms with Crippen LogP contribution in [-0.2, 0) is 22.0 Å². The number of methoxy groups -OCH3 is 1. The lowest BCUT2D eigenvalue weighted by Gasteiger charge is -2.00. The second-order valence-electron chi connectivity index (χ2n) is 2.51. The third-order valence-electron chi connectivity index (χ3n) is 1.42. The summed E-state index contributed by atoms with van der Waals surface area (Å²) in [5, 5.41) is 0. The minimum Gasteiger partial charge on any atom is -0.452 e. The largest absolute Gasteiger partial charge is 0.452 e. The van der Waals surface area contributed by atoms with Gasteiger partial charge < -0.3 is 4.74 Å². The molecule has 0 fully saturated rings. The molecule has 0 bridgehead atoms. The number of rotatable bonds is 2. The summed E-state index contributed by atoms with van der Waals surface area (Å²) >= 11 is 0. The Morgan fingerprint density at radius 2 is 2.21 bits per heavy atom. The highest BCUT2D eigenvalue weighted by Gasteiger charge is 2.22. The number of hydrogen-bond acceptors (Lipinski definition) is 4. The van der Waals surface area contributed by atoms with Crippen LogP contribution in [0, 0.1) is 0 Å². The maximum atomic E-state index is 11.4. The highest BCUT2D eigenvalue weighted by molar-refractivity contribution is 7.88. The van der Waals surface area contributed by atoms with Crippen molar-refractivity contribution in [1.29, 1.82) is 0 Å². The predicted molar refractivity (Wildman–Crippen MR) is 45.5 cm³/mol. The first-order valence-corrected chi connectivity index (χ1v) is 5.04. The Hall–Kier alpha value is -1.57. The van der Waals surface area contributed by atoms with Crippen LogP contribution in [0.4, 0.5) is 4.79 Å². The van der Waals surface area contributed by atoms with Crippen LogP contribution in [-0.4, -0.2) is 25.6 Å². The average molecular weight is 220 g/mol. The fourth-order valence-corrected chi connectivity index (χ4v) is 1.66. The summed E-state index contributed by atoms with van der Waals surface area (Å²) in [5.74, 6) is 0. The summed E-state index contributed by atoms with van der Waals surface area (Å²) in [4.78, 5) is 10.7. The molecule has 7 nitrogen and oxygen atoms in total. The second kappa shape index (κ2) is 3.66. The molecule has 8 heteroatoms. The summed E-state index contributed by atoms with van der Waals surface area (Å²) in [7, 11) is -1.14. The SMILES string of the molecule is COC(=O)NS(=O)(=O)n1cc[n+](C)c1. The van der Waals surface area contributed by atoms with Crippen molar-refractivity contribution in [3.8, 4) is 0 Å². The van der Waals surface area contributed by atoms with Crippen molar-refractivity contribution < 1.29 is 22.5 Å². The number of amides is 1. The Kier molecular flexibility index (Phi) is 2.75. The number of carbonyl (C=O) groups excluding carboxylic acids is 1. The number of carbonyl (C=O) groups is 1. The second-order valence-corrected chi connectivity index (χ2v) is 4.08. The molecule has 1 aromatic rings. The third kappa shape index (κ3) is 2.22. The molecule has 1 heterocycles. The molecule has 0 spiro atoms. The molecule has 0 saturated carbocycles. The molecule has 0 radical (unpaired) electrons. The molecule has 0 aliphatic heterocycles. The van der Waals surface area contributed by atoms with Crippen molar-refractivity contribution in [2.75, 3.05) is 7.11 Å². The summed E-state index contributed by atoms with van der Waals surface area (Å²) in [6.07, 6.45) is 3.09. The Morgan fingerprint density at radius 3 is 2.64 bits per heavy atom. The van der Waals surface area contributed by atoms with E-state index in [1.165, 1.54) is 23.3 Å². The van der Waals surface area contributed by atoms with Gasteiger partial charge in [0.2, 0.25) is 0 Å². The van der Waals surface area contributed by atoms with E-state index >= 15 is 0 Å². The quantitative estimate of drug-likeness (QED) is 0.632. The van der Waals surface area contributed by atoms with E-state index in [9.17, 15) is 13.2 Å². The number of ether oxygens (including phenoxy) is 1. The molecule has 0 saturated heterocycles. The third-order valence-corrected chi connectivity index (χ3v) is 2.62. The standard InChI is InChI=1S/C6H9N3O4S/c1-8-3-4-9(5-8)14(11,12)7-6(10)13-2/h3-5H,1-2H3/p+1. The van der Waals surface area contributed by atoms with E-state index in [0.29, 0.717) is 0 Å². The number of aryl methyl sites for hydroxylation is 1. The van der Waals surface area contributed by atoms with Crippen LogP contribution in [0.25, 0.3) is 0 Å². The zero-order valence-corrected chi connectivity index (χ0v) is 8.48. The molecule has 1 rings (SSSR count). The van der Waals surface area contributed by atoms with Gasteiger partial charge in [-0.25, -0.2) is 9.36 Å². The Labute approximate surface area is 81.1 Å². The Morgan fingerprint density at radius 1 is 1.57 bits per heavy atom. The molecule has 0 aliphatic rings. The number of nitrogens with one attached hydrogen (secondary N) is 1. The fourth-order valence-electron chi connectivity index (χ4n) is 0.769.